The number of halogens is 2. The van der Waals surface area contributed by atoms with E-state index in [9.17, 15) is 18.8 Å². The van der Waals surface area contributed by atoms with Crippen molar-refractivity contribution in [3.8, 4) is 6.19 Å². The summed E-state index contributed by atoms with van der Waals surface area (Å²) in [5.74, 6) is -0.594. The van der Waals surface area contributed by atoms with Gasteiger partial charge in [0, 0.05) is 5.41 Å². The van der Waals surface area contributed by atoms with Crippen molar-refractivity contribution in [3.63, 3.8) is 0 Å². The number of hydrogen-bond donors (Lipinski definition) is 2. The van der Waals surface area contributed by atoms with Gasteiger partial charge in [-0.2, -0.15) is 5.26 Å². The second kappa shape index (κ2) is 7.86. The van der Waals surface area contributed by atoms with Crippen molar-refractivity contribution in [1.82, 2.24) is 5.32 Å². The van der Waals surface area contributed by atoms with Crippen LogP contribution in [0.2, 0.25) is 0 Å². The molecule has 6 nitrogen and oxygen atoms in total. The largest absolute Gasteiger partial charge is 0.369 e. The lowest BCUT2D eigenvalue weighted by Crippen LogP contribution is -2.58. The van der Waals surface area contributed by atoms with E-state index in [0.717, 1.165) is 44.2 Å². The molecule has 5 rings (SSSR count). The van der Waals surface area contributed by atoms with Crippen molar-refractivity contribution < 1.29 is 18.3 Å². The van der Waals surface area contributed by atoms with Gasteiger partial charge in [0.1, 0.15) is 11.4 Å². The molecule has 0 saturated heterocycles. The number of carbonyl (C=O) groups is 1. The zero-order chi connectivity index (χ0) is 22.4. The highest BCUT2D eigenvalue weighted by atomic mass is 19.2. The van der Waals surface area contributed by atoms with Gasteiger partial charge in [-0.05, 0) is 81.4 Å². The number of hydrogen-bond acceptors (Lipinski definition) is 4. The van der Waals surface area contributed by atoms with Gasteiger partial charge in [0.2, 0.25) is 5.91 Å². The van der Waals surface area contributed by atoms with Crippen LogP contribution in [-0.2, 0) is 16.1 Å². The minimum atomic E-state index is -0.948. The number of aliphatic imine (C=N–C) groups is 1. The molecule has 1 amide bonds. The molecule has 2 unspecified atom stereocenters. The Labute approximate surface area is 180 Å². The monoisotopic (exact) mass is 430 g/mol. The minimum Gasteiger partial charge on any atom is -0.369 e. The summed E-state index contributed by atoms with van der Waals surface area (Å²) in [6.07, 6.45) is 6.38. The molecule has 0 heterocycles. The van der Waals surface area contributed by atoms with Crippen molar-refractivity contribution in [3.05, 3.63) is 35.4 Å². The van der Waals surface area contributed by atoms with Crippen LogP contribution >= 0.6 is 0 Å². The van der Waals surface area contributed by atoms with Crippen molar-refractivity contribution in [2.75, 3.05) is 0 Å². The summed E-state index contributed by atoms with van der Waals surface area (Å²) >= 11 is 0. The van der Waals surface area contributed by atoms with Gasteiger partial charge in [0.15, 0.2) is 17.8 Å². The van der Waals surface area contributed by atoms with E-state index in [-0.39, 0.29) is 30.4 Å². The Balaban J connectivity index is 1.53. The number of nitrogens with zero attached hydrogens (tertiary/aromatic N) is 2. The van der Waals surface area contributed by atoms with E-state index in [4.69, 9.17) is 15.5 Å². The molecule has 4 fully saturated rings. The van der Waals surface area contributed by atoms with Gasteiger partial charge in [-0.1, -0.05) is 6.07 Å². The average molecular weight is 430 g/mol. The first-order valence-corrected chi connectivity index (χ1v) is 10.7. The summed E-state index contributed by atoms with van der Waals surface area (Å²) in [6.45, 7) is 3.62. The fourth-order valence-electron chi connectivity index (χ4n) is 6.01. The third-order valence-corrected chi connectivity index (χ3v) is 7.35. The lowest BCUT2D eigenvalue weighted by atomic mass is 9.48. The number of ether oxygens (including phenoxy) is 1. The Bertz CT molecular complexity index is 939. The van der Waals surface area contributed by atoms with Crippen LogP contribution in [0.1, 0.15) is 51.5 Å². The quantitative estimate of drug-likeness (QED) is 0.313. The standard InChI is InChI=1S/C23H28F2N4O2/c1-22(2,31-11-13-3-4-17(24)18(25)7-13)21(28-12-26)29-19-15-5-14-6-16(19)10-23(8-14,9-15)20(27)30/h3-4,7,14-16,19H,5-6,8-11H2,1-2H3,(H2,27,30)(H,28,29). The molecule has 31 heavy (non-hydrogen) atoms. The maximum absolute atomic E-state index is 13.5. The Morgan fingerprint density at radius 1 is 1.29 bits per heavy atom. The molecule has 0 spiro atoms. The number of benzene rings is 1. The molecular weight excluding hydrogens is 402 g/mol. The first-order valence-electron chi connectivity index (χ1n) is 10.7. The minimum absolute atomic E-state index is 0.00557. The van der Waals surface area contributed by atoms with Crippen LogP contribution in [0.25, 0.3) is 0 Å². The summed E-state index contributed by atoms with van der Waals surface area (Å²) in [4.78, 5) is 17.1. The highest BCUT2D eigenvalue weighted by molar-refractivity contribution is 5.91. The molecule has 8 heteroatoms. The summed E-state index contributed by atoms with van der Waals surface area (Å²) in [6, 6.07) is 3.63. The molecule has 2 atom stereocenters. The molecule has 1 aromatic carbocycles. The molecule has 0 aliphatic heterocycles. The number of primary amides is 1. The number of nitrogens with one attached hydrogen (secondary N) is 1. The van der Waals surface area contributed by atoms with Gasteiger partial charge in [0.05, 0.1) is 12.6 Å². The molecule has 4 saturated carbocycles. The van der Waals surface area contributed by atoms with E-state index in [2.05, 4.69) is 5.32 Å². The highest BCUT2D eigenvalue weighted by Gasteiger charge is 2.58. The molecular formula is C23H28F2N4O2. The molecule has 1 aromatic rings. The van der Waals surface area contributed by atoms with E-state index in [1.165, 1.54) is 6.07 Å². The summed E-state index contributed by atoms with van der Waals surface area (Å²) in [7, 11) is 0. The normalized spacial score (nSPS) is 32.0. The van der Waals surface area contributed by atoms with Crippen LogP contribution in [-0.4, -0.2) is 23.4 Å². The number of amidine groups is 1. The van der Waals surface area contributed by atoms with E-state index in [1.807, 2.05) is 6.19 Å². The third-order valence-electron chi connectivity index (χ3n) is 7.35. The van der Waals surface area contributed by atoms with Gasteiger partial charge in [0.25, 0.3) is 0 Å². The molecule has 3 N–H and O–H groups in total. The first-order chi connectivity index (χ1) is 14.6. The Kier molecular flexibility index (Phi) is 5.50. The van der Waals surface area contributed by atoms with Crippen molar-refractivity contribution in [1.29, 1.82) is 5.26 Å². The maximum Gasteiger partial charge on any atom is 0.223 e. The van der Waals surface area contributed by atoms with E-state index < -0.39 is 22.7 Å². The molecule has 0 aromatic heterocycles. The van der Waals surface area contributed by atoms with E-state index >= 15 is 0 Å². The van der Waals surface area contributed by atoms with Gasteiger partial charge in [-0.15, -0.1) is 0 Å². The Hall–Kier alpha value is -2.53. The van der Waals surface area contributed by atoms with Crippen molar-refractivity contribution in [2.24, 2.45) is 33.9 Å². The second-order valence-electron chi connectivity index (χ2n) is 9.87. The molecule has 166 valence electrons. The lowest BCUT2D eigenvalue weighted by Gasteiger charge is -2.57. The fourth-order valence-corrected chi connectivity index (χ4v) is 6.01. The lowest BCUT2D eigenvalue weighted by molar-refractivity contribution is -0.144. The van der Waals surface area contributed by atoms with Gasteiger partial charge in [-0.25, -0.2) is 8.78 Å². The van der Waals surface area contributed by atoms with Crippen LogP contribution < -0.4 is 11.1 Å². The van der Waals surface area contributed by atoms with Crippen LogP contribution in [0.15, 0.2) is 23.2 Å². The molecule has 4 aliphatic carbocycles. The SMILES string of the molecule is CC(C)(OCc1ccc(F)c(F)c1)C(=NC1C2CC3CC1CC(C(N)=O)(C3)C2)NC#N. The second-order valence-corrected chi connectivity index (χ2v) is 9.87. The number of rotatable bonds is 6. The third kappa shape index (κ3) is 4.03. The summed E-state index contributed by atoms with van der Waals surface area (Å²) in [5.41, 5.74) is 4.91. The fraction of sp³-hybridized carbons (Fsp3) is 0.609. The van der Waals surface area contributed by atoms with Crippen molar-refractivity contribution >= 4 is 11.7 Å². The van der Waals surface area contributed by atoms with Crippen LogP contribution in [0.4, 0.5) is 8.78 Å². The van der Waals surface area contributed by atoms with Crippen LogP contribution in [0, 0.1) is 46.3 Å². The van der Waals surface area contributed by atoms with Gasteiger partial charge < -0.3 is 10.5 Å². The van der Waals surface area contributed by atoms with E-state index in [1.54, 1.807) is 13.8 Å². The Morgan fingerprint density at radius 3 is 2.55 bits per heavy atom. The maximum atomic E-state index is 13.5. The highest BCUT2D eigenvalue weighted by Crippen LogP contribution is 2.60. The zero-order valence-electron chi connectivity index (χ0n) is 17.8. The number of carbonyl (C=O) groups excluding carboxylic acids is 1. The predicted molar refractivity (Wildman–Crippen MR) is 110 cm³/mol. The van der Waals surface area contributed by atoms with Crippen LogP contribution in [0.3, 0.4) is 0 Å². The molecule has 4 aliphatic rings. The molecule has 4 bridgehead atoms. The average Bonchev–Trinajstić information content (AvgIpc) is 2.70. The number of amides is 1. The number of nitriles is 1. The molecule has 0 radical (unpaired) electrons. The van der Waals surface area contributed by atoms with Crippen molar-refractivity contribution in [2.45, 2.75) is 64.2 Å². The Morgan fingerprint density at radius 2 is 1.97 bits per heavy atom. The first kappa shape index (κ1) is 21.7. The smallest absolute Gasteiger partial charge is 0.223 e. The predicted octanol–water partition coefficient (Wildman–Crippen LogP) is 3.41. The summed E-state index contributed by atoms with van der Waals surface area (Å²) in [5, 5.41) is 12.0. The number of nitrogens with two attached hydrogens (primary N) is 1. The van der Waals surface area contributed by atoms with E-state index in [0.29, 0.717) is 17.3 Å². The van der Waals surface area contributed by atoms with Crippen LogP contribution in [0.5, 0.6) is 0 Å². The summed E-state index contributed by atoms with van der Waals surface area (Å²) < 4.78 is 32.6. The van der Waals surface area contributed by atoms with Gasteiger partial charge >= 0.3 is 0 Å². The van der Waals surface area contributed by atoms with Gasteiger partial charge in [-0.3, -0.25) is 15.1 Å². The topological polar surface area (TPSA) is 100 Å². The zero-order valence-corrected chi connectivity index (χ0v) is 17.8.